The molecular formula is C26H26N6O3. The number of aromatic nitrogens is 4. The predicted molar refractivity (Wildman–Crippen MR) is 132 cm³/mol. The van der Waals surface area contributed by atoms with E-state index in [4.69, 9.17) is 0 Å². The van der Waals surface area contributed by atoms with E-state index < -0.39 is 0 Å². The lowest BCUT2D eigenvalue weighted by atomic mass is 9.82. The number of amides is 2. The molecule has 2 amide bonds. The topological polar surface area (TPSA) is 112 Å². The molecule has 0 unspecified atom stereocenters. The van der Waals surface area contributed by atoms with Gasteiger partial charge in [-0.05, 0) is 50.3 Å². The van der Waals surface area contributed by atoms with Gasteiger partial charge in [-0.3, -0.25) is 14.4 Å². The highest BCUT2D eigenvalue weighted by molar-refractivity contribution is 6.01. The van der Waals surface area contributed by atoms with Crippen LogP contribution in [0, 0.1) is 0 Å². The van der Waals surface area contributed by atoms with Crippen LogP contribution in [0.4, 0.5) is 5.69 Å². The maximum absolute atomic E-state index is 13.1. The average molecular weight is 471 g/mol. The Bertz CT molecular complexity index is 1500. The van der Waals surface area contributed by atoms with E-state index in [1.54, 1.807) is 15.6 Å². The summed E-state index contributed by atoms with van der Waals surface area (Å²) in [4.78, 5) is 39.0. The number of carbonyl (C=O) groups is 2. The summed E-state index contributed by atoms with van der Waals surface area (Å²) in [7, 11) is 0. The molecule has 1 saturated carbocycles. The molecule has 9 heteroatoms. The fourth-order valence-electron chi connectivity index (χ4n) is 5.45. The summed E-state index contributed by atoms with van der Waals surface area (Å²) in [5.41, 5.74) is 2.81. The normalized spacial score (nSPS) is 20.6. The Labute approximate surface area is 201 Å². The van der Waals surface area contributed by atoms with Gasteiger partial charge in [-0.2, -0.15) is 10.2 Å². The molecule has 2 N–H and O–H groups in total. The Kier molecular flexibility index (Phi) is 5.32. The van der Waals surface area contributed by atoms with Crippen molar-refractivity contribution in [2.75, 3.05) is 11.4 Å². The molecule has 0 spiro atoms. The molecule has 2 fully saturated rings. The van der Waals surface area contributed by atoms with Gasteiger partial charge in [-0.25, -0.2) is 9.61 Å². The fraction of sp³-hybridized carbons (Fsp3) is 0.346. The molecule has 1 aliphatic heterocycles. The van der Waals surface area contributed by atoms with Crippen molar-refractivity contribution in [3.63, 3.8) is 0 Å². The number of carbonyl (C=O) groups excluding carboxylic acids is 2. The number of H-pyrrole nitrogens is 1. The van der Waals surface area contributed by atoms with Crippen molar-refractivity contribution < 1.29 is 9.59 Å². The lowest BCUT2D eigenvalue weighted by Gasteiger charge is -2.29. The van der Waals surface area contributed by atoms with Crippen molar-refractivity contribution in [1.82, 2.24) is 25.1 Å². The number of hydrogen-bond acceptors (Lipinski definition) is 5. The van der Waals surface area contributed by atoms with Crippen LogP contribution >= 0.6 is 0 Å². The minimum atomic E-state index is -0.169. The number of anilines is 1. The van der Waals surface area contributed by atoms with Crippen molar-refractivity contribution >= 4 is 33.8 Å². The van der Waals surface area contributed by atoms with E-state index in [1.807, 2.05) is 42.6 Å². The van der Waals surface area contributed by atoms with E-state index in [-0.39, 0.29) is 29.3 Å². The minimum absolute atomic E-state index is 0.0734. The molecule has 4 aromatic rings. The number of nitrogens with zero attached hydrogens (tertiary/aromatic N) is 4. The summed E-state index contributed by atoms with van der Waals surface area (Å²) in [6.45, 7) is 0.714. The highest BCUT2D eigenvalue weighted by Gasteiger charge is 2.27. The third-order valence-electron chi connectivity index (χ3n) is 7.30. The average Bonchev–Trinajstić information content (AvgIpc) is 3.51. The van der Waals surface area contributed by atoms with E-state index in [2.05, 4.69) is 20.6 Å². The Hall–Kier alpha value is -4.01. The Morgan fingerprint density at radius 3 is 2.60 bits per heavy atom. The lowest BCUT2D eigenvalue weighted by molar-refractivity contribution is -0.117. The van der Waals surface area contributed by atoms with E-state index >= 15 is 0 Å². The van der Waals surface area contributed by atoms with Crippen LogP contribution in [0.25, 0.3) is 16.3 Å². The smallest absolute Gasteiger partial charge is 0.272 e. The van der Waals surface area contributed by atoms with Crippen molar-refractivity contribution in [3.8, 4) is 0 Å². The van der Waals surface area contributed by atoms with Crippen LogP contribution in [0.2, 0.25) is 0 Å². The molecule has 0 radical (unpaired) electrons. The van der Waals surface area contributed by atoms with Crippen molar-refractivity contribution in [2.45, 2.75) is 50.5 Å². The number of benzene rings is 1. The molecule has 0 bridgehead atoms. The summed E-state index contributed by atoms with van der Waals surface area (Å²) in [5, 5.41) is 16.1. The maximum atomic E-state index is 13.1. The SMILES string of the molecule is O=C(NC1CCC(c2n[nH]c(=O)c3ccccc23)CC1)c1cnn2cc(N3CCCC3=O)ccc12. The molecule has 3 aromatic heterocycles. The molecule has 4 heterocycles. The van der Waals surface area contributed by atoms with Crippen LogP contribution in [0.15, 0.2) is 53.6 Å². The van der Waals surface area contributed by atoms with Gasteiger partial charge in [0.1, 0.15) is 0 Å². The lowest BCUT2D eigenvalue weighted by Crippen LogP contribution is -2.37. The Morgan fingerprint density at radius 1 is 1.03 bits per heavy atom. The van der Waals surface area contributed by atoms with Crippen molar-refractivity contribution in [3.05, 3.63) is 70.4 Å². The zero-order chi connectivity index (χ0) is 23.9. The first-order valence-electron chi connectivity index (χ1n) is 12.1. The van der Waals surface area contributed by atoms with Crippen LogP contribution < -0.4 is 15.8 Å². The van der Waals surface area contributed by atoms with Gasteiger partial charge in [0.25, 0.3) is 11.5 Å². The molecular weight excluding hydrogens is 444 g/mol. The third kappa shape index (κ3) is 3.86. The molecule has 0 atom stereocenters. The van der Waals surface area contributed by atoms with Gasteiger partial charge < -0.3 is 10.2 Å². The Morgan fingerprint density at radius 2 is 1.83 bits per heavy atom. The summed E-state index contributed by atoms with van der Waals surface area (Å²) in [6.07, 6.45) is 8.27. The Balaban J connectivity index is 1.14. The predicted octanol–water partition coefficient (Wildman–Crippen LogP) is 3.15. The minimum Gasteiger partial charge on any atom is -0.349 e. The fourth-order valence-corrected chi connectivity index (χ4v) is 5.45. The van der Waals surface area contributed by atoms with Crippen molar-refractivity contribution in [1.29, 1.82) is 0 Å². The molecule has 178 valence electrons. The van der Waals surface area contributed by atoms with E-state index in [1.165, 1.54) is 0 Å². The van der Waals surface area contributed by atoms with E-state index in [0.29, 0.717) is 23.9 Å². The standard InChI is InChI=1S/C26H26N6O3/c33-23-6-3-13-31(23)18-11-12-22-21(14-27-32(22)15-18)25(34)28-17-9-7-16(8-10-17)24-19-4-1-2-5-20(19)26(35)30-29-24/h1-2,4-5,11-12,14-17H,3,6-10,13H2,(H,28,34)(H,30,35). The second kappa shape index (κ2) is 8.65. The molecule has 9 nitrogen and oxygen atoms in total. The number of rotatable bonds is 4. The first-order chi connectivity index (χ1) is 17.1. The molecule has 1 aromatic carbocycles. The van der Waals surface area contributed by atoms with Gasteiger partial charge in [0.15, 0.2) is 0 Å². The van der Waals surface area contributed by atoms with E-state index in [0.717, 1.165) is 54.4 Å². The number of pyridine rings is 1. The van der Waals surface area contributed by atoms with Crippen LogP contribution in [0.3, 0.4) is 0 Å². The maximum Gasteiger partial charge on any atom is 0.272 e. The van der Waals surface area contributed by atoms with Crippen LogP contribution in [-0.4, -0.2) is 44.2 Å². The summed E-state index contributed by atoms with van der Waals surface area (Å²) >= 11 is 0. The van der Waals surface area contributed by atoms with Gasteiger partial charge in [0.2, 0.25) is 5.91 Å². The first-order valence-corrected chi connectivity index (χ1v) is 12.1. The quantitative estimate of drug-likeness (QED) is 0.476. The highest BCUT2D eigenvalue weighted by Crippen LogP contribution is 2.34. The van der Waals surface area contributed by atoms with Crippen molar-refractivity contribution in [2.24, 2.45) is 0 Å². The number of hydrogen-bond donors (Lipinski definition) is 2. The van der Waals surface area contributed by atoms with Crippen LogP contribution in [0.1, 0.15) is 60.5 Å². The largest absolute Gasteiger partial charge is 0.349 e. The second-order valence-corrected chi connectivity index (χ2v) is 9.43. The van der Waals surface area contributed by atoms with Gasteiger partial charge in [0, 0.05) is 30.3 Å². The molecule has 1 aliphatic carbocycles. The summed E-state index contributed by atoms with van der Waals surface area (Å²) in [6, 6.07) is 11.4. The zero-order valence-electron chi connectivity index (χ0n) is 19.2. The number of nitrogens with one attached hydrogen (secondary N) is 2. The van der Waals surface area contributed by atoms with Crippen LogP contribution in [0.5, 0.6) is 0 Å². The highest BCUT2D eigenvalue weighted by atomic mass is 16.2. The zero-order valence-corrected chi connectivity index (χ0v) is 19.2. The molecule has 35 heavy (non-hydrogen) atoms. The van der Waals surface area contributed by atoms with Gasteiger partial charge in [-0.1, -0.05) is 18.2 Å². The molecule has 2 aliphatic rings. The molecule has 1 saturated heterocycles. The first kappa shape index (κ1) is 21.5. The van der Waals surface area contributed by atoms with Crippen LogP contribution in [-0.2, 0) is 4.79 Å². The third-order valence-corrected chi connectivity index (χ3v) is 7.30. The number of aromatic amines is 1. The van der Waals surface area contributed by atoms with Gasteiger partial charge in [0.05, 0.1) is 40.2 Å². The van der Waals surface area contributed by atoms with E-state index in [9.17, 15) is 14.4 Å². The summed E-state index contributed by atoms with van der Waals surface area (Å²) in [5.74, 6) is 0.227. The van der Waals surface area contributed by atoms with Gasteiger partial charge in [-0.15, -0.1) is 0 Å². The second-order valence-electron chi connectivity index (χ2n) is 9.43. The van der Waals surface area contributed by atoms with Gasteiger partial charge >= 0.3 is 0 Å². The molecule has 6 rings (SSSR count). The number of fused-ring (bicyclic) bond motifs is 2. The summed E-state index contributed by atoms with van der Waals surface area (Å²) < 4.78 is 1.67. The monoisotopic (exact) mass is 470 g/mol.